The molecule has 1 N–H and O–H groups in total. The van der Waals surface area contributed by atoms with Crippen molar-refractivity contribution in [3.63, 3.8) is 0 Å². The molecule has 0 aromatic heterocycles. The molecule has 0 aliphatic carbocycles. The van der Waals surface area contributed by atoms with E-state index < -0.39 is 28.5 Å². The highest BCUT2D eigenvalue weighted by Gasteiger charge is 2.33. The first-order chi connectivity index (χ1) is 17.0. The molecule has 0 aliphatic rings. The number of sulfonamides is 1. The van der Waals surface area contributed by atoms with Crippen molar-refractivity contribution in [2.45, 2.75) is 31.3 Å². The van der Waals surface area contributed by atoms with Crippen molar-refractivity contribution in [3.8, 4) is 0 Å². The lowest BCUT2D eigenvalue weighted by molar-refractivity contribution is -0.139. The van der Waals surface area contributed by atoms with Crippen LogP contribution in [0.25, 0.3) is 0 Å². The minimum atomic E-state index is -4.21. The second-order valence-electron chi connectivity index (χ2n) is 8.22. The Kier molecular flexibility index (Phi) is 9.00. The second kappa shape index (κ2) is 11.8. The predicted molar refractivity (Wildman–Crippen MR) is 143 cm³/mol. The van der Waals surface area contributed by atoms with E-state index in [2.05, 4.69) is 5.32 Å². The van der Waals surface area contributed by atoms with Crippen LogP contribution in [0.1, 0.15) is 18.1 Å². The van der Waals surface area contributed by atoms with Gasteiger partial charge >= 0.3 is 0 Å². The van der Waals surface area contributed by atoms with Gasteiger partial charge in [-0.25, -0.2) is 8.42 Å². The van der Waals surface area contributed by atoms with Gasteiger partial charge in [-0.15, -0.1) is 0 Å². The Labute approximate surface area is 221 Å². The number of likely N-dealkylation sites (N-methyl/N-ethyl adjacent to an activating group) is 1. The number of nitrogens with one attached hydrogen (secondary N) is 1. The Bertz CT molecular complexity index is 1350. The zero-order chi connectivity index (χ0) is 26.5. The van der Waals surface area contributed by atoms with Crippen molar-refractivity contribution in [2.75, 3.05) is 17.9 Å². The first kappa shape index (κ1) is 27.5. The van der Waals surface area contributed by atoms with Crippen molar-refractivity contribution >= 4 is 50.7 Å². The van der Waals surface area contributed by atoms with Crippen LogP contribution in [-0.4, -0.2) is 44.8 Å². The Hall–Kier alpha value is -3.07. The van der Waals surface area contributed by atoms with Gasteiger partial charge in [-0.1, -0.05) is 71.2 Å². The molecule has 0 spiro atoms. The van der Waals surface area contributed by atoms with Gasteiger partial charge in [-0.05, 0) is 49.7 Å². The summed E-state index contributed by atoms with van der Waals surface area (Å²) in [7, 11) is -2.73. The number of carbonyl (C=O) groups is 2. The van der Waals surface area contributed by atoms with Crippen LogP contribution in [0.3, 0.4) is 0 Å². The van der Waals surface area contributed by atoms with E-state index in [1.807, 2.05) is 31.2 Å². The van der Waals surface area contributed by atoms with Gasteiger partial charge in [0, 0.05) is 18.6 Å². The van der Waals surface area contributed by atoms with Crippen molar-refractivity contribution < 1.29 is 18.0 Å². The Morgan fingerprint density at radius 3 is 2.31 bits per heavy atom. The highest BCUT2D eigenvalue weighted by Crippen LogP contribution is 2.33. The van der Waals surface area contributed by atoms with E-state index in [4.69, 9.17) is 23.2 Å². The Balaban J connectivity index is 2.07. The molecule has 0 saturated carbocycles. The summed E-state index contributed by atoms with van der Waals surface area (Å²) < 4.78 is 28.3. The van der Waals surface area contributed by atoms with Crippen LogP contribution in [-0.2, 0) is 26.2 Å². The number of nitrogens with zero attached hydrogens (tertiary/aromatic N) is 2. The molecular formula is C26H27Cl2N3O4S. The molecule has 3 rings (SSSR count). The smallest absolute Gasteiger partial charge is 0.264 e. The molecule has 3 aromatic rings. The maximum atomic E-state index is 13.7. The lowest BCUT2D eigenvalue weighted by atomic mass is 10.1. The molecule has 0 heterocycles. The number of aryl methyl sites for hydroxylation is 1. The standard InChI is InChI=1S/C26H27Cl2N3O4S/c1-18-8-7-9-20(14-18)16-30(19(2)26(33)29-3)25(32)17-31(24-15-21(27)12-13-23(24)28)36(34,35)22-10-5-4-6-11-22/h4-15,19H,16-17H2,1-3H3,(H,29,33)/t19-/m0/s1. The van der Waals surface area contributed by atoms with Crippen LogP contribution in [0.15, 0.2) is 77.7 Å². The minimum Gasteiger partial charge on any atom is -0.357 e. The monoisotopic (exact) mass is 547 g/mol. The van der Waals surface area contributed by atoms with Crippen molar-refractivity contribution in [2.24, 2.45) is 0 Å². The van der Waals surface area contributed by atoms with Crippen LogP contribution >= 0.6 is 23.2 Å². The van der Waals surface area contributed by atoms with Gasteiger partial charge in [-0.3, -0.25) is 13.9 Å². The number of hydrogen-bond acceptors (Lipinski definition) is 4. The number of benzene rings is 3. The summed E-state index contributed by atoms with van der Waals surface area (Å²) in [5.74, 6) is -0.961. The largest absolute Gasteiger partial charge is 0.357 e. The molecule has 0 bridgehead atoms. The van der Waals surface area contributed by atoms with Gasteiger partial charge in [0.1, 0.15) is 12.6 Å². The molecule has 7 nitrogen and oxygen atoms in total. The third-order valence-electron chi connectivity index (χ3n) is 5.64. The SMILES string of the molecule is CNC(=O)[C@H](C)N(Cc1cccc(C)c1)C(=O)CN(c1cc(Cl)ccc1Cl)S(=O)(=O)c1ccccc1. The normalized spacial score (nSPS) is 12.0. The highest BCUT2D eigenvalue weighted by molar-refractivity contribution is 7.92. The number of hydrogen-bond donors (Lipinski definition) is 1. The maximum absolute atomic E-state index is 13.7. The van der Waals surface area contributed by atoms with E-state index in [9.17, 15) is 18.0 Å². The summed E-state index contributed by atoms with van der Waals surface area (Å²) in [4.78, 5) is 27.6. The quantitative estimate of drug-likeness (QED) is 0.422. The molecule has 0 aliphatic heterocycles. The molecule has 10 heteroatoms. The fraction of sp³-hybridized carbons (Fsp3) is 0.231. The van der Waals surface area contributed by atoms with E-state index in [1.165, 1.54) is 42.3 Å². The van der Waals surface area contributed by atoms with Gasteiger partial charge in [0.2, 0.25) is 11.8 Å². The van der Waals surface area contributed by atoms with Crippen LogP contribution in [0.5, 0.6) is 0 Å². The zero-order valence-electron chi connectivity index (χ0n) is 20.1. The lowest BCUT2D eigenvalue weighted by Crippen LogP contribution is -2.50. The van der Waals surface area contributed by atoms with E-state index in [-0.39, 0.29) is 33.1 Å². The molecule has 1 atom stereocenters. The molecule has 0 fully saturated rings. The molecular weight excluding hydrogens is 521 g/mol. The number of anilines is 1. The van der Waals surface area contributed by atoms with Crippen LogP contribution in [0.4, 0.5) is 5.69 Å². The van der Waals surface area contributed by atoms with Crippen molar-refractivity contribution in [1.29, 1.82) is 0 Å². The van der Waals surface area contributed by atoms with E-state index in [1.54, 1.807) is 25.1 Å². The first-order valence-corrected chi connectivity index (χ1v) is 13.3. The summed E-state index contributed by atoms with van der Waals surface area (Å²) >= 11 is 12.5. The van der Waals surface area contributed by atoms with E-state index in [0.717, 1.165) is 15.4 Å². The average Bonchev–Trinajstić information content (AvgIpc) is 2.86. The lowest BCUT2D eigenvalue weighted by Gasteiger charge is -2.32. The summed E-state index contributed by atoms with van der Waals surface area (Å²) in [6.45, 7) is 3.03. The van der Waals surface area contributed by atoms with Gasteiger partial charge in [0.05, 0.1) is 15.6 Å². The average molecular weight is 548 g/mol. The summed E-state index contributed by atoms with van der Waals surface area (Å²) in [6, 6.07) is 18.8. The number of carbonyl (C=O) groups excluding carboxylic acids is 2. The van der Waals surface area contributed by atoms with E-state index in [0.29, 0.717) is 0 Å². The van der Waals surface area contributed by atoms with Crippen LogP contribution in [0, 0.1) is 6.92 Å². The van der Waals surface area contributed by atoms with Gasteiger partial charge in [0.25, 0.3) is 10.0 Å². The molecule has 2 amide bonds. The van der Waals surface area contributed by atoms with Crippen LogP contribution < -0.4 is 9.62 Å². The molecule has 0 unspecified atom stereocenters. The van der Waals surface area contributed by atoms with Crippen molar-refractivity contribution in [3.05, 3.63) is 94.0 Å². The number of amides is 2. The fourth-order valence-electron chi connectivity index (χ4n) is 3.71. The summed E-state index contributed by atoms with van der Waals surface area (Å²) in [5, 5.41) is 2.91. The predicted octanol–water partition coefficient (Wildman–Crippen LogP) is 4.66. The second-order valence-corrected chi connectivity index (χ2v) is 10.9. The third-order valence-corrected chi connectivity index (χ3v) is 7.96. The van der Waals surface area contributed by atoms with E-state index >= 15 is 0 Å². The number of halogens is 2. The first-order valence-electron chi connectivity index (χ1n) is 11.1. The molecule has 36 heavy (non-hydrogen) atoms. The van der Waals surface area contributed by atoms with Gasteiger partial charge < -0.3 is 10.2 Å². The van der Waals surface area contributed by atoms with Crippen molar-refractivity contribution in [1.82, 2.24) is 10.2 Å². The topological polar surface area (TPSA) is 86.8 Å². The molecule has 3 aromatic carbocycles. The summed E-state index contributed by atoms with van der Waals surface area (Å²) in [5.41, 5.74) is 1.85. The molecule has 190 valence electrons. The molecule has 0 saturated heterocycles. The summed E-state index contributed by atoms with van der Waals surface area (Å²) in [6.07, 6.45) is 0. The fourth-order valence-corrected chi connectivity index (χ4v) is 5.59. The Morgan fingerprint density at radius 2 is 1.67 bits per heavy atom. The zero-order valence-corrected chi connectivity index (χ0v) is 22.4. The molecule has 0 radical (unpaired) electrons. The maximum Gasteiger partial charge on any atom is 0.264 e. The third kappa shape index (κ3) is 6.37. The Morgan fingerprint density at radius 1 is 0.972 bits per heavy atom. The highest BCUT2D eigenvalue weighted by atomic mass is 35.5. The number of rotatable bonds is 9. The van der Waals surface area contributed by atoms with Gasteiger partial charge in [0.15, 0.2) is 0 Å². The van der Waals surface area contributed by atoms with Gasteiger partial charge in [-0.2, -0.15) is 0 Å². The minimum absolute atomic E-state index is 0.0153. The van der Waals surface area contributed by atoms with Crippen LogP contribution in [0.2, 0.25) is 10.0 Å².